The topological polar surface area (TPSA) is 46.9 Å². The second-order valence-corrected chi connectivity index (χ2v) is 3.84. The molecule has 0 radical (unpaired) electrons. The van der Waals surface area contributed by atoms with Gasteiger partial charge in [0, 0.05) is 38.8 Å². The molecule has 1 aliphatic rings. The molecule has 1 unspecified atom stereocenters. The zero-order valence-corrected chi connectivity index (χ0v) is 8.36. The molecule has 0 aliphatic carbocycles. The Labute approximate surface area is 83.3 Å². The molecule has 1 aliphatic heterocycles. The van der Waals surface area contributed by atoms with E-state index < -0.39 is 0 Å². The number of imidazole rings is 1. The molecule has 0 saturated heterocycles. The average molecular weight is 193 g/mol. The van der Waals surface area contributed by atoms with Gasteiger partial charge in [0.1, 0.15) is 5.82 Å². The Morgan fingerprint density at radius 3 is 3.43 bits per heavy atom. The Balaban J connectivity index is 1.91. The molecule has 4 nitrogen and oxygen atoms in total. The number of hydrogen-bond acceptors (Lipinski definition) is 2. The van der Waals surface area contributed by atoms with Crippen molar-refractivity contribution in [1.29, 1.82) is 0 Å². The van der Waals surface area contributed by atoms with Gasteiger partial charge in [-0.2, -0.15) is 0 Å². The molecule has 0 aromatic carbocycles. The second-order valence-electron chi connectivity index (χ2n) is 3.84. The first-order chi connectivity index (χ1) is 6.75. The van der Waals surface area contributed by atoms with Crippen LogP contribution in [0.2, 0.25) is 0 Å². The van der Waals surface area contributed by atoms with Crippen molar-refractivity contribution in [3.63, 3.8) is 0 Å². The lowest BCUT2D eigenvalue weighted by atomic mass is 9.99. The van der Waals surface area contributed by atoms with Gasteiger partial charge in [-0.05, 0) is 12.3 Å². The van der Waals surface area contributed by atoms with Crippen molar-refractivity contribution < 1.29 is 4.79 Å². The fourth-order valence-corrected chi connectivity index (χ4v) is 1.89. The number of fused-ring (bicyclic) bond motifs is 1. The summed E-state index contributed by atoms with van der Waals surface area (Å²) in [6.45, 7) is 3.33. The van der Waals surface area contributed by atoms with Crippen molar-refractivity contribution in [2.45, 2.75) is 26.3 Å². The molecule has 0 bridgehead atoms. The van der Waals surface area contributed by atoms with Gasteiger partial charge in [-0.25, -0.2) is 4.98 Å². The lowest BCUT2D eigenvalue weighted by Gasteiger charge is -2.23. The van der Waals surface area contributed by atoms with E-state index >= 15 is 0 Å². The predicted octanol–water partition coefficient (Wildman–Crippen LogP) is 0.582. The summed E-state index contributed by atoms with van der Waals surface area (Å²) in [6.07, 6.45) is 6.00. The molecule has 1 N–H and O–H groups in total. The van der Waals surface area contributed by atoms with Crippen LogP contribution in [-0.2, 0) is 17.8 Å². The molecule has 1 aromatic rings. The van der Waals surface area contributed by atoms with Gasteiger partial charge in [-0.1, -0.05) is 0 Å². The third-order valence-electron chi connectivity index (χ3n) is 2.67. The fourth-order valence-electron chi connectivity index (χ4n) is 1.89. The first-order valence-corrected chi connectivity index (χ1v) is 5.00. The summed E-state index contributed by atoms with van der Waals surface area (Å²) in [7, 11) is 0. The van der Waals surface area contributed by atoms with Crippen molar-refractivity contribution in [3.05, 3.63) is 18.2 Å². The molecule has 0 spiro atoms. The largest absolute Gasteiger partial charge is 0.356 e. The van der Waals surface area contributed by atoms with E-state index in [-0.39, 0.29) is 5.91 Å². The molecule has 1 atom stereocenters. The molecule has 0 fully saturated rings. The van der Waals surface area contributed by atoms with E-state index in [0.717, 1.165) is 25.9 Å². The van der Waals surface area contributed by atoms with Gasteiger partial charge >= 0.3 is 0 Å². The summed E-state index contributed by atoms with van der Waals surface area (Å²) in [5.41, 5.74) is 0. The van der Waals surface area contributed by atoms with Crippen molar-refractivity contribution in [1.82, 2.24) is 14.9 Å². The van der Waals surface area contributed by atoms with Crippen LogP contribution < -0.4 is 5.32 Å². The summed E-state index contributed by atoms with van der Waals surface area (Å²) >= 11 is 0. The predicted molar refractivity (Wildman–Crippen MR) is 52.7 cm³/mol. The van der Waals surface area contributed by atoms with Crippen LogP contribution in [0.5, 0.6) is 0 Å². The van der Waals surface area contributed by atoms with E-state index in [2.05, 4.69) is 14.9 Å². The van der Waals surface area contributed by atoms with Crippen LogP contribution in [0.25, 0.3) is 0 Å². The summed E-state index contributed by atoms with van der Waals surface area (Å²) < 4.78 is 2.18. The van der Waals surface area contributed by atoms with Crippen LogP contribution in [0.1, 0.15) is 19.2 Å². The lowest BCUT2D eigenvalue weighted by molar-refractivity contribution is -0.119. The highest BCUT2D eigenvalue weighted by molar-refractivity contribution is 5.72. The smallest absolute Gasteiger partial charge is 0.216 e. The summed E-state index contributed by atoms with van der Waals surface area (Å²) in [5, 5.41) is 2.87. The molecule has 1 amide bonds. The molecule has 76 valence electrons. The minimum atomic E-state index is 0.0569. The molecule has 14 heavy (non-hydrogen) atoms. The Kier molecular flexibility index (Phi) is 2.52. The van der Waals surface area contributed by atoms with Crippen molar-refractivity contribution in [2.75, 3.05) is 6.54 Å². The zero-order valence-electron chi connectivity index (χ0n) is 8.36. The number of nitrogens with one attached hydrogen (secondary N) is 1. The van der Waals surface area contributed by atoms with E-state index in [4.69, 9.17) is 0 Å². The van der Waals surface area contributed by atoms with Crippen molar-refractivity contribution in [2.24, 2.45) is 5.92 Å². The maximum Gasteiger partial charge on any atom is 0.216 e. The fraction of sp³-hybridized carbons (Fsp3) is 0.600. The van der Waals surface area contributed by atoms with Gasteiger partial charge < -0.3 is 9.88 Å². The third kappa shape index (κ3) is 1.95. The van der Waals surface area contributed by atoms with E-state index in [1.165, 1.54) is 5.82 Å². The van der Waals surface area contributed by atoms with Gasteiger partial charge in [0.15, 0.2) is 0 Å². The zero-order chi connectivity index (χ0) is 9.97. The van der Waals surface area contributed by atoms with E-state index in [1.54, 1.807) is 6.92 Å². The number of aromatic nitrogens is 2. The Morgan fingerprint density at radius 2 is 2.64 bits per heavy atom. The van der Waals surface area contributed by atoms with Gasteiger partial charge in [0.25, 0.3) is 0 Å². The summed E-state index contributed by atoms with van der Waals surface area (Å²) in [6, 6.07) is 0. The van der Waals surface area contributed by atoms with Crippen LogP contribution in [0.15, 0.2) is 12.4 Å². The number of carbonyl (C=O) groups excluding carboxylic acids is 1. The molecule has 2 rings (SSSR count). The SMILES string of the molecule is CC(=O)NCC1CCc2nccn2C1. The van der Waals surface area contributed by atoms with Crippen LogP contribution in [0, 0.1) is 5.92 Å². The van der Waals surface area contributed by atoms with Gasteiger partial charge in [0.05, 0.1) is 0 Å². The van der Waals surface area contributed by atoms with E-state index in [1.807, 2.05) is 12.4 Å². The number of nitrogens with zero attached hydrogens (tertiary/aromatic N) is 2. The highest BCUT2D eigenvalue weighted by atomic mass is 16.1. The first-order valence-electron chi connectivity index (χ1n) is 5.00. The first kappa shape index (κ1) is 9.24. The monoisotopic (exact) mass is 193 g/mol. The van der Waals surface area contributed by atoms with E-state index in [0.29, 0.717) is 5.92 Å². The number of hydrogen-bond donors (Lipinski definition) is 1. The third-order valence-corrected chi connectivity index (χ3v) is 2.67. The maximum absolute atomic E-state index is 10.8. The van der Waals surface area contributed by atoms with Crippen molar-refractivity contribution >= 4 is 5.91 Å². The molecule has 1 aromatic heterocycles. The second kappa shape index (κ2) is 3.82. The minimum Gasteiger partial charge on any atom is -0.356 e. The van der Waals surface area contributed by atoms with E-state index in [9.17, 15) is 4.79 Å². The molecular formula is C10H15N3O. The van der Waals surface area contributed by atoms with Crippen LogP contribution in [0.4, 0.5) is 0 Å². The molecule has 0 saturated carbocycles. The van der Waals surface area contributed by atoms with Crippen LogP contribution in [-0.4, -0.2) is 22.0 Å². The molecule has 2 heterocycles. The Bertz CT molecular complexity index is 332. The highest BCUT2D eigenvalue weighted by Crippen LogP contribution is 2.17. The number of aryl methyl sites for hydroxylation is 1. The van der Waals surface area contributed by atoms with Crippen molar-refractivity contribution in [3.8, 4) is 0 Å². The average Bonchev–Trinajstić information content (AvgIpc) is 2.61. The van der Waals surface area contributed by atoms with Gasteiger partial charge in [-0.15, -0.1) is 0 Å². The number of carbonyl (C=O) groups is 1. The summed E-state index contributed by atoms with van der Waals surface area (Å²) in [4.78, 5) is 15.0. The Hall–Kier alpha value is -1.32. The van der Waals surface area contributed by atoms with Crippen LogP contribution >= 0.6 is 0 Å². The lowest BCUT2D eigenvalue weighted by Crippen LogP contribution is -2.32. The quantitative estimate of drug-likeness (QED) is 0.747. The Morgan fingerprint density at radius 1 is 1.79 bits per heavy atom. The highest BCUT2D eigenvalue weighted by Gasteiger charge is 2.18. The molecule has 4 heteroatoms. The molecular weight excluding hydrogens is 178 g/mol. The summed E-state index contributed by atoms with van der Waals surface area (Å²) in [5.74, 6) is 1.78. The number of rotatable bonds is 2. The van der Waals surface area contributed by atoms with Crippen LogP contribution in [0.3, 0.4) is 0 Å². The number of amides is 1. The van der Waals surface area contributed by atoms with Gasteiger partial charge in [0.2, 0.25) is 5.91 Å². The maximum atomic E-state index is 10.8. The van der Waals surface area contributed by atoms with Gasteiger partial charge in [-0.3, -0.25) is 4.79 Å². The standard InChI is InChI=1S/C10H15N3O/c1-8(14)12-6-9-2-3-10-11-4-5-13(10)7-9/h4-5,9H,2-3,6-7H2,1H3,(H,12,14). The minimum absolute atomic E-state index is 0.0569. The normalized spacial score (nSPS) is 20.2.